The number of nitrogens with one attached hydrogen (secondary N) is 1. The van der Waals surface area contributed by atoms with Gasteiger partial charge in [-0.05, 0) is 37.5 Å². The summed E-state index contributed by atoms with van der Waals surface area (Å²) in [6, 6.07) is 4.16. The second kappa shape index (κ2) is 7.08. The van der Waals surface area contributed by atoms with Crippen molar-refractivity contribution in [2.45, 2.75) is 24.2 Å². The zero-order valence-corrected chi connectivity index (χ0v) is 13.0. The average molecular weight is 328 g/mol. The lowest BCUT2D eigenvalue weighted by atomic mass is 10.2. The molecule has 0 unspecified atom stereocenters. The molecule has 22 heavy (non-hydrogen) atoms. The maximum absolute atomic E-state index is 12.4. The van der Waals surface area contributed by atoms with E-state index in [1.165, 1.54) is 12.1 Å². The monoisotopic (exact) mass is 328 g/mol. The SMILES string of the molecule is O=C(O)c1ccc(N2CCCC2)c(S(=O)(=O)NCCCO)c1. The second-order valence-electron chi connectivity index (χ2n) is 5.16. The number of hydrogen-bond donors (Lipinski definition) is 3. The van der Waals surface area contributed by atoms with Gasteiger partial charge < -0.3 is 15.1 Å². The summed E-state index contributed by atoms with van der Waals surface area (Å²) in [5.74, 6) is -1.17. The molecule has 1 aliphatic rings. The van der Waals surface area contributed by atoms with E-state index in [1.54, 1.807) is 6.07 Å². The largest absolute Gasteiger partial charge is 0.478 e. The number of sulfonamides is 1. The molecule has 0 atom stereocenters. The van der Waals surface area contributed by atoms with Crippen LogP contribution < -0.4 is 9.62 Å². The van der Waals surface area contributed by atoms with Crippen LogP contribution in [0.4, 0.5) is 5.69 Å². The van der Waals surface area contributed by atoms with Crippen molar-refractivity contribution >= 4 is 21.7 Å². The lowest BCUT2D eigenvalue weighted by Crippen LogP contribution is -2.28. The number of carbonyl (C=O) groups is 1. The molecule has 0 spiro atoms. The summed E-state index contributed by atoms with van der Waals surface area (Å²) < 4.78 is 27.3. The zero-order chi connectivity index (χ0) is 16.2. The fraction of sp³-hybridized carbons (Fsp3) is 0.500. The number of anilines is 1. The lowest BCUT2D eigenvalue weighted by Gasteiger charge is -2.21. The first kappa shape index (κ1) is 16.7. The van der Waals surface area contributed by atoms with Crippen molar-refractivity contribution in [3.63, 3.8) is 0 Å². The molecule has 1 saturated heterocycles. The van der Waals surface area contributed by atoms with Crippen molar-refractivity contribution in [2.24, 2.45) is 0 Å². The highest BCUT2D eigenvalue weighted by Gasteiger charge is 2.25. The van der Waals surface area contributed by atoms with E-state index in [1.807, 2.05) is 4.90 Å². The van der Waals surface area contributed by atoms with Gasteiger partial charge in [0, 0.05) is 26.2 Å². The van der Waals surface area contributed by atoms with Gasteiger partial charge in [0.25, 0.3) is 0 Å². The molecule has 0 aromatic heterocycles. The van der Waals surface area contributed by atoms with Gasteiger partial charge in [-0.25, -0.2) is 17.9 Å². The van der Waals surface area contributed by atoms with Gasteiger partial charge in [0.1, 0.15) is 4.90 Å². The summed E-state index contributed by atoms with van der Waals surface area (Å²) in [6.07, 6.45) is 2.27. The summed E-state index contributed by atoms with van der Waals surface area (Å²) in [5.41, 5.74) is 0.462. The number of carboxylic acids is 1. The minimum Gasteiger partial charge on any atom is -0.478 e. The van der Waals surface area contributed by atoms with Crippen LogP contribution in [-0.2, 0) is 10.0 Å². The normalized spacial score (nSPS) is 15.2. The molecule has 1 aliphatic heterocycles. The van der Waals surface area contributed by atoms with Crippen LogP contribution in [0.1, 0.15) is 29.6 Å². The van der Waals surface area contributed by atoms with Gasteiger partial charge in [0.15, 0.2) is 0 Å². The molecule has 8 heteroatoms. The molecule has 1 aromatic rings. The number of hydrogen-bond acceptors (Lipinski definition) is 5. The molecule has 122 valence electrons. The van der Waals surface area contributed by atoms with Gasteiger partial charge in [0.05, 0.1) is 11.3 Å². The maximum atomic E-state index is 12.4. The van der Waals surface area contributed by atoms with Gasteiger partial charge >= 0.3 is 5.97 Å². The number of aliphatic hydroxyl groups is 1. The van der Waals surface area contributed by atoms with E-state index in [9.17, 15) is 13.2 Å². The van der Waals surface area contributed by atoms with Gasteiger partial charge in [-0.1, -0.05) is 0 Å². The number of benzene rings is 1. The molecule has 7 nitrogen and oxygen atoms in total. The van der Waals surface area contributed by atoms with E-state index in [-0.39, 0.29) is 23.6 Å². The van der Waals surface area contributed by atoms with Crippen LogP contribution in [0, 0.1) is 0 Å². The van der Waals surface area contributed by atoms with Crippen LogP contribution in [0.25, 0.3) is 0 Å². The third kappa shape index (κ3) is 3.76. The highest BCUT2D eigenvalue weighted by molar-refractivity contribution is 7.89. The Kier molecular flexibility index (Phi) is 5.38. The quantitative estimate of drug-likeness (QED) is 0.634. The molecular weight excluding hydrogens is 308 g/mol. The molecule has 0 radical (unpaired) electrons. The van der Waals surface area contributed by atoms with Crippen LogP contribution in [-0.4, -0.2) is 50.8 Å². The smallest absolute Gasteiger partial charge is 0.335 e. The minimum absolute atomic E-state index is 0.0211. The van der Waals surface area contributed by atoms with Crippen LogP contribution in [0.5, 0.6) is 0 Å². The summed E-state index contributed by atoms with van der Waals surface area (Å²) >= 11 is 0. The van der Waals surface area contributed by atoms with E-state index < -0.39 is 16.0 Å². The van der Waals surface area contributed by atoms with Gasteiger partial charge in [0.2, 0.25) is 10.0 Å². The fourth-order valence-electron chi connectivity index (χ4n) is 2.45. The van der Waals surface area contributed by atoms with E-state index in [0.29, 0.717) is 12.1 Å². The summed E-state index contributed by atoms with van der Waals surface area (Å²) in [5, 5.41) is 17.8. The number of aromatic carboxylic acids is 1. The molecular formula is C14H20N2O5S. The van der Waals surface area contributed by atoms with Gasteiger partial charge in [-0.2, -0.15) is 0 Å². The third-order valence-electron chi connectivity index (χ3n) is 3.57. The number of rotatable bonds is 7. The Labute approximate surface area is 129 Å². The number of nitrogens with zero attached hydrogens (tertiary/aromatic N) is 1. The maximum Gasteiger partial charge on any atom is 0.335 e. The number of carboxylic acid groups (broad SMARTS) is 1. The Balaban J connectivity index is 2.40. The molecule has 2 rings (SSSR count). The Morgan fingerprint density at radius 3 is 2.55 bits per heavy atom. The van der Waals surface area contributed by atoms with E-state index in [2.05, 4.69) is 4.72 Å². The first-order chi connectivity index (χ1) is 10.5. The summed E-state index contributed by atoms with van der Waals surface area (Å²) in [6.45, 7) is 1.50. The molecule has 0 saturated carbocycles. The lowest BCUT2D eigenvalue weighted by molar-refractivity contribution is 0.0696. The number of aliphatic hydroxyl groups excluding tert-OH is 1. The zero-order valence-electron chi connectivity index (χ0n) is 12.2. The first-order valence-electron chi connectivity index (χ1n) is 7.18. The van der Waals surface area contributed by atoms with Crippen molar-refractivity contribution < 1.29 is 23.4 Å². The van der Waals surface area contributed by atoms with Crippen molar-refractivity contribution in [3.05, 3.63) is 23.8 Å². The van der Waals surface area contributed by atoms with E-state index in [0.717, 1.165) is 25.9 Å². The second-order valence-corrected chi connectivity index (χ2v) is 6.89. The molecule has 0 aliphatic carbocycles. The highest BCUT2D eigenvalue weighted by Crippen LogP contribution is 2.29. The predicted octanol–water partition coefficient (Wildman–Crippen LogP) is 0.646. The van der Waals surface area contributed by atoms with Gasteiger partial charge in [-0.15, -0.1) is 0 Å². The molecule has 1 fully saturated rings. The van der Waals surface area contributed by atoms with Gasteiger partial charge in [-0.3, -0.25) is 0 Å². The average Bonchev–Trinajstić information content (AvgIpc) is 3.00. The summed E-state index contributed by atoms with van der Waals surface area (Å²) in [7, 11) is -3.82. The third-order valence-corrected chi connectivity index (χ3v) is 5.06. The standard InChI is InChI=1S/C14H20N2O5S/c17-9-3-6-15-22(20,21)13-10-11(14(18)19)4-5-12(13)16-7-1-2-8-16/h4-5,10,15,17H,1-3,6-9H2,(H,18,19). The van der Waals surface area contributed by atoms with Crippen LogP contribution >= 0.6 is 0 Å². The van der Waals surface area contributed by atoms with Crippen molar-refractivity contribution in [2.75, 3.05) is 31.1 Å². The Hall–Kier alpha value is -1.64. The van der Waals surface area contributed by atoms with Crippen LogP contribution in [0.15, 0.2) is 23.1 Å². The topological polar surface area (TPSA) is 107 Å². The predicted molar refractivity (Wildman–Crippen MR) is 81.7 cm³/mol. The van der Waals surface area contributed by atoms with Crippen LogP contribution in [0.2, 0.25) is 0 Å². The Morgan fingerprint density at radius 1 is 1.27 bits per heavy atom. The Morgan fingerprint density at radius 2 is 1.95 bits per heavy atom. The van der Waals surface area contributed by atoms with Crippen molar-refractivity contribution in [1.29, 1.82) is 0 Å². The minimum atomic E-state index is -3.82. The van der Waals surface area contributed by atoms with Crippen molar-refractivity contribution in [1.82, 2.24) is 4.72 Å². The summed E-state index contributed by atoms with van der Waals surface area (Å²) in [4.78, 5) is 13.0. The highest BCUT2D eigenvalue weighted by atomic mass is 32.2. The molecule has 0 bridgehead atoms. The fourth-order valence-corrected chi connectivity index (χ4v) is 3.77. The van der Waals surface area contributed by atoms with Crippen molar-refractivity contribution in [3.8, 4) is 0 Å². The van der Waals surface area contributed by atoms with Crippen LogP contribution in [0.3, 0.4) is 0 Å². The van der Waals surface area contributed by atoms with E-state index in [4.69, 9.17) is 10.2 Å². The first-order valence-corrected chi connectivity index (χ1v) is 8.67. The molecule has 1 heterocycles. The van der Waals surface area contributed by atoms with E-state index >= 15 is 0 Å². The molecule has 3 N–H and O–H groups in total. The molecule has 0 amide bonds. The molecule has 1 aromatic carbocycles. The Bertz CT molecular complexity index is 639.